The summed E-state index contributed by atoms with van der Waals surface area (Å²) >= 11 is 0. The van der Waals surface area contributed by atoms with E-state index in [2.05, 4.69) is 9.98 Å². The summed E-state index contributed by atoms with van der Waals surface area (Å²) in [4.78, 5) is 24.4. The fourth-order valence-electron chi connectivity index (χ4n) is 1.67. The van der Waals surface area contributed by atoms with Crippen LogP contribution in [0.25, 0.3) is 0 Å². The highest BCUT2D eigenvalue weighted by molar-refractivity contribution is 6.00. The van der Waals surface area contributed by atoms with E-state index >= 15 is 0 Å². The second kappa shape index (κ2) is 7.51. The first-order valence-electron chi connectivity index (χ1n) is 6.52. The molecule has 0 aliphatic heterocycles. The smallest absolute Gasteiger partial charge is 0.230 e. The third-order valence-electron chi connectivity index (χ3n) is 2.83. The van der Waals surface area contributed by atoms with Gasteiger partial charge in [0.05, 0.1) is 6.42 Å². The zero-order chi connectivity index (χ0) is 14.3. The van der Waals surface area contributed by atoms with Gasteiger partial charge in [-0.2, -0.15) is 0 Å². The van der Waals surface area contributed by atoms with E-state index in [0.717, 1.165) is 18.9 Å². The summed E-state index contributed by atoms with van der Waals surface area (Å²) in [6.45, 7) is 5.40. The SMILES string of the molecule is CCN(CC)C(=O)C/C(=N/c1ccccn1)N(C)C. The summed E-state index contributed by atoms with van der Waals surface area (Å²) in [6, 6.07) is 5.55. The van der Waals surface area contributed by atoms with Gasteiger partial charge in [0.25, 0.3) is 0 Å². The number of rotatable bonds is 5. The zero-order valence-corrected chi connectivity index (χ0v) is 12.1. The summed E-state index contributed by atoms with van der Waals surface area (Å²) < 4.78 is 0. The molecule has 0 N–H and O–H groups in total. The second-order valence-corrected chi connectivity index (χ2v) is 4.35. The van der Waals surface area contributed by atoms with Crippen LogP contribution in [0.5, 0.6) is 0 Å². The van der Waals surface area contributed by atoms with Crippen LogP contribution in [0.4, 0.5) is 5.82 Å². The number of pyridine rings is 1. The van der Waals surface area contributed by atoms with E-state index in [1.54, 1.807) is 11.1 Å². The lowest BCUT2D eigenvalue weighted by Crippen LogP contribution is -2.35. The van der Waals surface area contributed by atoms with Crippen LogP contribution in [0.1, 0.15) is 20.3 Å². The Bertz CT molecular complexity index is 424. The maximum Gasteiger partial charge on any atom is 0.230 e. The maximum atomic E-state index is 12.1. The molecule has 5 heteroatoms. The number of aromatic nitrogens is 1. The van der Waals surface area contributed by atoms with Crippen molar-refractivity contribution in [2.75, 3.05) is 27.2 Å². The topological polar surface area (TPSA) is 48.8 Å². The summed E-state index contributed by atoms with van der Waals surface area (Å²) in [5.41, 5.74) is 0. The predicted molar refractivity (Wildman–Crippen MR) is 77.6 cm³/mol. The van der Waals surface area contributed by atoms with E-state index in [-0.39, 0.29) is 5.91 Å². The fourth-order valence-corrected chi connectivity index (χ4v) is 1.67. The molecule has 0 aliphatic rings. The third kappa shape index (κ3) is 4.69. The van der Waals surface area contributed by atoms with Crippen molar-refractivity contribution in [1.29, 1.82) is 0 Å². The van der Waals surface area contributed by atoms with E-state index in [9.17, 15) is 4.79 Å². The molecule has 1 rings (SSSR count). The molecule has 1 aromatic heterocycles. The summed E-state index contributed by atoms with van der Waals surface area (Å²) in [7, 11) is 3.77. The number of amides is 1. The van der Waals surface area contributed by atoms with Crippen LogP contribution in [0.15, 0.2) is 29.4 Å². The Morgan fingerprint density at radius 3 is 2.42 bits per heavy atom. The molecule has 1 amide bonds. The van der Waals surface area contributed by atoms with Crippen LogP contribution < -0.4 is 0 Å². The average molecular weight is 262 g/mol. The molecule has 0 spiro atoms. The van der Waals surface area contributed by atoms with Crippen LogP contribution in [0.3, 0.4) is 0 Å². The van der Waals surface area contributed by atoms with Gasteiger partial charge in [-0.25, -0.2) is 9.98 Å². The normalized spacial score (nSPS) is 11.3. The first-order chi connectivity index (χ1) is 9.08. The largest absolute Gasteiger partial charge is 0.366 e. The Morgan fingerprint density at radius 1 is 1.26 bits per heavy atom. The van der Waals surface area contributed by atoms with Crippen LogP contribution >= 0.6 is 0 Å². The molecular formula is C14H22N4O. The van der Waals surface area contributed by atoms with Gasteiger partial charge < -0.3 is 9.80 Å². The summed E-state index contributed by atoms with van der Waals surface area (Å²) in [5.74, 6) is 1.43. The van der Waals surface area contributed by atoms with E-state index in [0.29, 0.717) is 12.2 Å². The molecule has 0 aromatic carbocycles. The van der Waals surface area contributed by atoms with Crippen molar-refractivity contribution < 1.29 is 4.79 Å². The van der Waals surface area contributed by atoms with Crippen molar-refractivity contribution in [2.24, 2.45) is 4.99 Å². The van der Waals surface area contributed by atoms with E-state index in [1.165, 1.54) is 0 Å². The summed E-state index contributed by atoms with van der Waals surface area (Å²) in [5, 5.41) is 0. The van der Waals surface area contributed by atoms with Gasteiger partial charge in [0.15, 0.2) is 5.82 Å². The Hall–Kier alpha value is -1.91. The van der Waals surface area contributed by atoms with Gasteiger partial charge in [-0.15, -0.1) is 0 Å². The highest BCUT2D eigenvalue weighted by Crippen LogP contribution is 2.09. The van der Waals surface area contributed by atoms with Crippen LogP contribution in [0.2, 0.25) is 0 Å². The first-order valence-corrected chi connectivity index (χ1v) is 6.52. The van der Waals surface area contributed by atoms with Crippen molar-refractivity contribution in [1.82, 2.24) is 14.8 Å². The van der Waals surface area contributed by atoms with Gasteiger partial charge >= 0.3 is 0 Å². The molecule has 0 unspecified atom stereocenters. The molecule has 1 heterocycles. The standard InChI is InChI=1S/C14H22N4O/c1-5-18(6-2)14(19)11-13(17(3)4)16-12-9-7-8-10-15-12/h7-10H,5-6,11H2,1-4H3/b16-13-. The molecule has 0 bridgehead atoms. The van der Waals surface area contributed by atoms with Gasteiger partial charge in [0.1, 0.15) is 5.84 Å². The Labute approximate surface area is 115 Å². The lowest BCUT2D eigenvalue weighted by atomic mass is 10.3. The van der Waals surface area contributed by atoms with Gasteiger partial charge in [-0.1, -0.05) is 6.07 Å². The minimum Gasteiger partial charge on any atom is -0.366 e. The van der Waals surface area contributed by atoms with Gasteiger partial charge in [0, 0.05) is 33.4 Å². The van der Waals surface area contributed by atoms with Crippen LogP contribution in [-0.4, -0.2) is 53.7 Å². The fraction of sp³-hybridized carbons (Fsp3) is 0.500. The third-order valence-corrected chi connectivity index (χ3v) is 2.83. The lowest BCUT2D eigenvalue weighted by Gasteiger charge is -2.21. The van der Waals surface area contributed by atoms with Gasteiger partial charge in [-0.3, -0.25) is 4.79 Å². The first kappa shape index (κ1) is 15.1. The molecule has 0 saturated heterocycles. The van der Waals surface area contributed by atoms with Crippen molar-refractivity contribution in [3.63, 3.8) is 0 Å². The molecular weight excluding hydrogens is 240 g/mol. The number of hydrogen-bond acceptors (Lipinski definition) is 3. The molecule has 0 fully saturated rings. The summed E-state index contributed by atoms with van der Waals surface area (Å²) in [6.07, 6.45) is 1.99. The highest BCUT2D eigenvalue weighted by atomic mass is 16.2. The Balaban J connectivity index is 2.85. The molecule has 19 heavy (non-hydrogen) atoms. The van der Waals surface area contributed by atoms with Gasteiger partial charge in [-0.05, 0) is 26.0 Å². The van der Waals surface area contributed by atoms with Crippen molar-refractivity contribution >= 4 is 17.6 Å². The van der Waals surface area contributed by atoms with Crippen molar-refractivity contribution in [2.45, 2.75) is 20.3 Å². The number of nitrogens with zero attached hydrogens (tertiary/aromatic N) is 4. The zero-order valence-electron chi connectivity index (χ0n) is 12.1. The van der Waals surface area contributed by atoms with E-state index in [4.69, 9.17) is 0 Å². The van der Waals surface area contributed by atoms with Crippen molar-refractivity contribution in [3.05, 3.63) is 24.4 Å². The number of carbonyl (C=O) groups excluding carboxylic acids is 1. The number of hydrogen-bond donors (Lipinski definition) is 0. The molecule has 0 saturated carbocycles. The Kier molecular flexibility index (Phi) is 5.99. The van der Waals surface area contributed by atoms with E-state index < -0.39 is 0 Å². The average Bonchev–Trinajstić information content (AvgIpc) is 2.40. The minimum absolute atomic E-state index is 0.0911. The molecule has 0 aliphatic carbocycles. The molecule has 0 atom stereocenters. The lowest BCUT2D eigenvalue weighted by molar-refractivity contribution is -0.129. The van der Waals surface area contributed by atoms with Crippen molar-refractivity contribution in [3.8, 4) is 0 Å². The number of aliphatic imine (C=N–C) groups is 1. The maximum absolute atomic E-state index is 12.1. The minimum atomic E-state index is 0.0911. The second-order valence-electron chi connectivity index (χ2n) is 4.35. The predicted octanol–water partition coefficient (Wildman–Crippen LogP) is 1.93. The van der Waals surface area contributed by atoms with E-state index in [1.807, 2.05) is 51.0 Å². The van der Waals surface area contributed by atoms with Crippen LogP contribution in [-0.2, 0) is 4.79 Å². The number of amidine groups is 1. The monoisotopic (exact) mass is 262 g/mol. The highest BCUT2D eigenvalue weighted by Gasteiger charge is 2.14. The molecule has 0 radical (unpaired) electrons. The number of carbonyl (C=O) groups is 1. The molecule has 1 aromatic rings. The Morgan fingerprint density at radius 2 is 1.95 bits per heavy atom. The molecule has 104 valence electrons. The quantitative estimate of drug-likeness (QED) is 0.602. The van der Waals surface area contributed by atoms with Gasteiger partial charge in [0.2, 0.25) is 5.91 Å². The van der Waals surface area contributed by atoms with Crippen LogP contribution in [0, 0.1) is 0 Å². The molecule has 5 nitrogen and oxygen atoms in total.